The summed E-state index contributed by atoms with van der Waals surface area (Å²) in [5.74, 6) is 0.899. The first-order valence-electron chi connectivity index (χ1n) is 17.7. The molecule has 5 aromatic carbocycles. The fraction of sp³-hybridized carbons (Fsp3) is 0.109. The quantitative estimate of drug-likeness (QED) is 0.152. The summed E-state index contributed by atoms with van der Waals surface area (Å²) < 4.78 is 4.79. The van der Waals surface area contributed by atoms with Crippen LogP contribution in [0.3, 0.4) is 0 Å². The Hall–Kier alpha value is -6.33. The van der Waals surface area contributed by atoms with Crippen LogP contribution in [-0.4, -0.2) is 25.3 Å². The number of para-hydroxylation sites is 5. The first kappa shape index (κ1) is 30.7. The second-order valence-corrected chi connectivity index (χ2v) is 13.3. The zero-order chi connectivity index (χ0) is 34.3. The van der Waals surface area contributed by atoms with Crippen molar-refractivity contribution in [2.24, 2.45) is 10.9 Å². The van der Waals surface area contributed by atoms with E-state index in [9.17, 15) is 0 Å². The van der Waals surface area contributed by atoms with Crippen molar-refractivity contribution in [3.63, 3.8) is 0 Å². The molecule has 1 aliphatic carbocycles. The lowest BCUT2D eigenvalue weighted by atomic mass is 10.0. The van der Waals surface area contributed by atoms with Crippen molar-refractivity contribution >= 4 is 45.0 Å². The van der Waals surface area contributed by atoms with Gasteiger partial charge in [-0.15, -0.1) is 0 Å². The van der Waals surface area contributed by atoms with Crippen LogP contribution in [0.15, 0.2) is 151 Å². The minimum absolute atomic E-state index is 0.125. The van der Waals surface area contributed by atoms with E-state index < -0.39 is 0 Å². The van der Waals surface area contributed by atoms with Crippen LogP contribution in [-0.2, 0) is 12.8 Å². The number of aryl methyl sites for hydroxylation is 1. The summed E-state index contributed by atoms with van der Waals surface area (Å²) in [6, 6.07) is 45.5. The largest absolute Gasteiger partial charge is 0.309 e. The molecule has 0 aliphatic heterocycles. The van der Waals surface area contributed by atoms with Gasteiger partial charge in [0.15, 0.2) is 0 Å². The summed E-state index contributed by atoms with van der Waals surface area (Å²) in [6.45, 7) is 5.92. The second-order valence-electron chi connectivity index (χ2n) is 13.3. The molecule has 8 aromatic rings. The summed E-state index contributed by atoms with van der Waals surface area (Å²) in [7, 11) is 0. The Morgan fingerprint density at radius 1 is 0.686 bits per heavy atom. The average Bonchev–Trinajstić information content (AvgIpc) is 3.70. The molecule has 9 rings (SSSR count). The standard InChI is InChI=1S/C46H37N5/c1-3-47-30-31(2)28-46-48-38(36-20-8-14-26-44(36)50-40-22-10-4-16-32(40)33-17-5-11-23-41(33)50)29-39(49-46)37-21-9-15-27-45(37)51-42-24-12-6-18-34(42)35-19-7-13-25-43(35)51/h3-6,8-18,20-27,29-31H,1,7,19,28H2,2H3/b47-30-. The van der Waals surface area contributed by atoms with Crippen molar-refractivity contribution in [1.82, 2.24) is 19.1 Å². The average molecular weight is 660 g/mol. The second kappa shape index (κ2) is 12.8. The Morgan fingerprint density at radius 3 is 1.84 bits per heavy atom. The molecule has 1 aliphatic rings. The highest BCUT2D eigenvalue weighted by Crippen LogP contribution is 2.39. The molecule has 0 saturated heterocycles. The Labute approximate surface area is 297 Å². The fourth-order valence-corrected chi connectivity index (χ4v) is 7.81. The number of allylic oxidation sites excluding steroid dienone is 1. The molecule has 1 unspecified atom stereocenters. The van der Waals surface area contributed by atoms with Gasteiger partial charge in [-0.2, -0.15) is 0 Å². The molecule has 5 nitrogen and oxygen atoms in total. The topological polar surface area (TPSA) is 48.0 Å². The maximum atomic E-state index is 5.30. The number of fused-ring (bicyclic) bond motifs is 6. The molecule has 246 valence electrons. The van der Waals surface area contributed by atoms with E-state index >= 15 is 0 Å². The van der Waals surface area contributed by atoms with Gasteiger partial charge in [-0.1, -0.05) is 111 Å². The predicted molar refractivity (Wildman–Crippen MR) is 213 cm³/mol. The third-order valence-electron chi connectivity index (χ3n) is 10.0. The van der Waals surface area contributed by atoms with Crippen molar-refractivity contribution in [3.05, 3.63) is 163 Å². The van der Waals surface area contributed by atoms with Gasteiger partial charge in [0.2, 0.25) is 0 Å². The first-order chi connectivity index (χ1) is 25.2. The van der Waals surface area contributed by atoms with Gasteiger partial charge in [-0.3, -0.25) is 4.99 Å². The Morgan fingerprint density at radius 2 is 1.22 bits per heavy atom. The third-order valence-corrected chi connectivity index (χ3v) is 10.0. The normalized spacial score (nSPS) is 13.4. The molecule has 3 aromatic heterocycles. The van der Waals surface area contributed by atoms with Gasteiger partial charge >= 0.3 is 0 Å². The number of nitrogens with zero attached hydrogens (tertiary/aromatic N) is 5. The Balaban J connectivity index is 1.28. The van der Waals surface area contributed by atoms with Crippen LogP contribution >= 0.6 is 0 Å². The first-order valence-corrected chi connectivity index (χ1v) is 17.7. The van der Waals surface area contributed by atoms with Crippen LogP contribution in [0.25, 0.3) is 72.7 Å². The maximum Gasteiger partial charge on any atom is 0.130 e. The smallest absolute Gasteiger partial charge is 0.130 e. The third kappa shape index (κ3) is 5.29. The molecule has 0 bridgehead atoms. The summed E-state index contributed by atoms with van der Waals surface area (Å²) in [5, 5.41) is 3.77. The van der Waals surface area contributed by atoms with E-state index in [0.29, 0.717) is 6.42 Å². The van der Waals surface area contributed by atoms with Crippen molar-refractivity contribution in [2.75, 3.05) is 0 Å². The molecule has 0 amide bonds. The molecule has 0 saturated carbocycles. The molecule has 0 spiro atoms. The molecule has 0 N–H and O–H groups in total. The highest BCUT2D eigenvalue weighted by Gasteiger charge is 2.22. The van der Waals surface area contributed by atoms with Gasteiger partial charge in [0.1, 0.15) is 5.82 Å². The summed E-state index contributed by atoms with van der Waals surface area (Å²) >= 11 is 0. The van der Waals surface area contributed by atoms with Crippen LogP contribution in [0.2, 0.25) is 0 Å². The van der Waals surface area contributed by atoms with E-state index in [1.54, 1.807) is 6.20 Å². The SMILES string of the molecule is C=C/N=C\C(C)Cc1nc(-c2ccccc2-n2c3c(c4ccccc42)CCC=C3)cc(-c2ccccc2-n2c3ccccc3c3ccccc32)n1. The van der Waals surface area contributed by atoms with Crippen molar-refractivity contribution in [1.29, 1.82) is 0 Å². The molecular weight excluding hydrogens is 623 g/mol. The van der Waals surface area contributed by atoms with Gasteiger partial charge < -0.3 is 9.13 Å². The van der Waals surface area contributed by atoms with Crippen molar-refractivity contribution < 1.29 is 0 Å². The van der Waals surface area contributed by atoms with Crippen molar-refractivity contribution in [2.45, 2.75) is 26.2 Å². The monoisotopic (exact) mass is 659 g/mol. The fourth-order valence-electron chi connectivity index (χ4n) is 7.81. The molecule has 5 heteroatoms. The summed E-state index contributed by atoms with van der Waals surface area (Å²) in [4.78, 5) is 14.9. The zero-order valence-electron chi connectivity index (χ0n) is 28.6. The van der Waals surface area contributed by atoms with Gasteiger partial charge in [-0.05, 0) is 66.8 Å². The van der Waals surface area contributed by atoms with Gasteiger partial charge in [0.25, 0.3) is 0 Å². The molecule has 51 heavy (non-hydrogen) atoms. The van der Waals surface area contributed by atoms with E-state index in [1.807, 2.05) is 6.21 Å². The highest BCUT2D eigenvalue weighted by molar-refractivity contribution is 6.09. The van der Waals surface area contributed by atoms with Crippen LogP contribution in [0, 0.1) is 5.92 Å². The number of hydrogen-bond donors (Lipinski definition) is 0. The molecule has 3 heterocycles. The lowest BCUT2D eigenvalue weighted by Crippen LogP contribution is -2.08. The predicted octanol–water partition coefficient (Wildman–Crippen LogP) is 11.2. The summed E-state index contributed by atoms with van der Waals surface area (Å²) in [6.07, 6.45) is 10.8. The molecule has 0 fully saturated rings. The number of rotatable bonds is 8. The van der Waals surface area contributed by atoms with E-state index in [4.69, 9.17) is 9.97 Å². The minimum atomic E-state index is 0.125. The van der Waals surface area contributed by atoms with Crippen LogP contribution in [0.4, 0.5) is 0 Å². The number of aliphatic imine (C=N–C) groups is 1. The number of hydrogen-bond acceptors (Lipinski definition) is 3. The van der Waals surface area contributed by atoms with Crippen LogP contribution in [0.5, 0.6) is 0 Å². The van der Waals surface area contributed by atoms with Gasteiger partial charge in [0.05, 0.1) is 39.3 Å². The number of benzene rings is 5. The minimum Gasteiger partial charge on any atom is -0.309 e. The molecular formula is C46H37N5. The zero-order valence-corrected chi connectivity index (χ0v) is 28.6. The van der Waals surface area contributed by atoms with Crippen LogP contribution < -0.4 is 0 Å². The molecule has 0 radical (unpaired) electrons. The van der Waals surface area contributed by atoms with Gasteiger partial charge in [0, 0.05) is 51.8 Å². The van der Waals surface area contributed by atoms with Gasteiger partial charge in [-0.25, -0.2) is 9.97 Å². The van der Waals surface area contributed by atoms with E-state index in [-0.39, 0.29) is 5.92 Å². The van der Waals surface area contributed by atoms with E-state index in [2.05, 4.69) is 167 Å². The summed E-state index contributed by atoms with van der Waals surface area (Å²) in [5.41, 5.74) is 12.3. The van der Waals surface area contributed by atoms with E-state index in [1.165, 1.54) is 32.9 Å². The highest BCUT2D eigenvalue weighted by atomic mass is 15.0. The van der Waals surface area contributed by atoms with Crippen LogP contribution in [0.1, 0.15) is 30.4 Å². The Bertz CT molecular complexity index is 2620. The van der Waals surface area contributed by atoms with E-state index in [0.717, 1.165) is 63.6 Å². The number of aromatic nitrogens is 4. The Kier molecular flexibility index (Phi) is 7.74. The lowest BCUT2D eigenvalue weighted by Gasteiger charge is -2.18. The molecule has 1 atom stereocenters. The van der Waals surface area contributed by atoms with Crippen molar-refractivity contribution in [3.8, 4) is 33.9 Å². The lowest BCUT2D eigenvalue weighted by molar-refractivity contribution is 0.736. The maximum absolute atomic E-state index is 5.30.